The van der Waals surface area contributed by atoms with Crippen molar-refractivity contribution in [2.24, 2.45) is 17.8 Å². The molecule has 4 saturated carbocycles. The Bertz CT molecular complexity index is 1060. The molecular weight excluding hydrogens is 446 g/mol. The van der Waals surface area contributed by atoms with Gasteiger partial charge in [-0.1, -0.05) is 0 Å². The molecule has 8 rings (SSSR count). The lowest BCUT2D eigenvalue weighted by atomic mass is 9.53. The lowest BCUT2D eigenvalue weighted by Crippen LogP contribution is -2.62. The summed E-state index contributed by atoms with van der Waals surface area (Å²) in [5.41, 5.74) is 2.16. The highest BCUT2D eigenvalue weighted by Crippen LogP contribution is 2.55. The molecule has 2 aliphatic heterocycles. The molecule has 7 heteroatoms. The van der Waals surface area contributed by atoms with Gasteiger partial charge in [0.1, 0.15) is 13.2 Å². The maximum atomic E-state index is 13.2. The van der Waals surface area contributed by atoms with Crippen LogP contribution in [0, 0.1) is 17.8 Å². The van der Waals surface area contributed by atoms with E-state index in [1.54, 1.807) is 11.3 Å². The molecule has 2 amide bonds. The van der Waals surface area contributed by atoms with E-state index in [1.165, 1.54) is 43.5 Å². The van der Waals surface area contributed by atoms with Crippen molar-refractivity contribution in [2.45, 2.75) is 62.8 Å². The van der Waals surface area contributed by atoms with Crippen LogP contribution in [0.1, 0.15) is 62.3 Å². The van der Waals surface area contributed by atoms with Crippen LogP contribution in [0.4, 0.5) is 4.79 Å². The predicted octanol–water partition coefficient (Wildman–Crippen LogP) is 5.44. The number of aromatic nitrogens is 1. The minimum absolute atomic E-state index is 0.0938. The molecule has 0 spiro atoms. The van der Waals surface area contributed by atoms with Gasteiger partial charge in [0.25, 0.3) is 0 Å². The van der Waals surface area contributed by atoms with Gasteiger partial charge >= 0.3 is 6.03 Å². The minimum Gasteiger partial charge on any atom is -0.486 e. The monoisotopic (exact) mass is 479 g/mol. The van der Waals surface area contributed by atoms with Crippen molar-refractivity contribution in [3.8, 4) is 22.8 Å². The second kappa shape index (κ2) is 8.14. The number of rotatable bonds is 3. The molecule has 1 aromatic carbocycles. The highest BCUT2D eigenvalue weighted by Gasteiger charge is 2.51. The Balaban J connectivity index is 0.978. The highest BCUT2D eigenvalue weighted by atomic mass is 32.1. The zero-order valence-electron chi connectivity index (χ0n) is 19.6. The van der Waals surface area contributed by atoms with Gasteiger partial charge in [0.05, 0.1) is 10.7 Å². The fourth-order valence-corrected chi connectivity index (χ4v) is 8.71. The molecule has 34 heavy (non-hydrogen) atoms. The molecule has 2 aromatic rings. The molecule has 0 atom stereocenters. The second-order valence-electron chi connectivity index (χ2n) is 11.3. The van der Waals surface area contributed by atoms with E-state index in [4.69, 9.17) is 14.5 Å². The summed E-state index contributed by atoms with van der Waals surface area (Å²) in [4.78, 5) is 20.2. The van der Waals surface area contributed by atoms with Gasteiger partial charge < -0.3 is 19.7 Å². The molecule has 5 fully saturated rings. The third-order valence-electron chi connectivity index (χ3n) is 8.90. The smallest absolute Gasteiger partial charge is 0.317 e. The van der Waals surface area contributed by atoms with E-state index in [0.717, 1.165) is 66.4 Å². The van der Waals surface area contributed by atoms with Gasteiger partial charge in [-0.15, -0.1) is 11.3 Å². The fourth-order valence-electron chi connectivity index (χ4n) is 7.71. The first kappa shape index (κ1) is 21.0. The Morgan fingerprint density at radius 3 is 2.38 bits per heavy atom. The maximum Gasteiger partial charge on any atom is 0.317 e. The molecule has 1 N–H and O–H groups in total. The van der Waals surface area contributed by atoms with Crippen LogP contribution in [0.15, 0.2) is 23.6 Å². The van der Waals surface area contributed by atoms with Gasteiger partial charge in [0, 0.05) is 35.5 Å². The number of nitrogens with one attached hydrogen (secondary N) is 1. The third kappa shape index (κ3) is 3.76. The Morgan fingerprint density at radius 1 is 1.00 bits per heavy atom. The van der Waals surface area contributed by atoms with E-state index in [9.17, 15) is 4.79 Å². The summed E-state index contributed by atoms with van der Waals surface area (Å²) < 4.78 is 11.4. The van der Waals surface area contributed by atoms with Crippen LogP contribution < -0.4 is 14.8 Å². The van der Waals surface area contributed by atoms with Crippen LogP contribution in [-0.2, 0) is 0 Å². The topological polar surface area (TPSA) is 63.7 Å². The normalized spacial score (nSPS) is 32.1. The van der Waals surface area contributed by atoms with Gasteiger partial charge in [0.2, 0.25) is 0 Å². The Kier molecular flexibility index (Phi) is 5.04. The molecule has 1 saturated heterocycles. The van der Waals surface area contributed by atoms with Gasteiger partial charge in [-0.2, -0.15) is 0 Å². The summed E-state index contributed by atoms with van der Waals surface area (Å²) in [5, 5.41) is 6.88. The fraction of sp³-hybridized carbons (Fsp3) is 0.630. The van der Waals surface area contributed by atoms with Crippen molar-refractivity contribution in [2.75, 3.05) is 26.3 Å². The number of fused-ring (bicyclic) bond motifs is 1. The first-order valence-corrected chi connectivity index (χ1v) is 13.9. The number of ether oxygens (including phenoxy) is 2. The number of nitrogens with zero attached hydrogens (tertiary/aromatic N) is 2. The van der Waals surface area contributed by atoms with Crippen molar-refractivity contribution in [3.05, 3.63) is 28.6 Å². The van der Waals surface area contributed by atoms with Crippen molar-refractivity contribution in [1.82, 2.24) is 15.2 Å². The summed E-state index contributed by atoms with van der Waals surface area (Å²) in [6.45, 7) is 2.84. The Morgan fingerprint density at radius 2 is 1.68 bits per heavy atom. The van der Waals surface area contributed by atoms with E-state index >= 15 is 0 Å². The molecule has 1 aromatic heterocycles. The van der Waals surface area contributed by atoms with Gasteiger partial charge in [0.15, 0.2) is 11.5 Å². The largest absolute Gasteiger partial charge is 0.486 e. The van der Waals surface area contributed by atoms with E-state index in [-0.39, 0.29) is 11.6 Å². The van der Waals surface area contributed by atoms with E-state index in [0.29, 0.717) is 19.1 Å². The summed E-state index contributed by atoms with van der Waals surface area (Å²) in [6, 6.07) is 6.24. The molecule has 6 aliphatic rings. The number of urea groups is 1. The number of carbonyl (C=O) groups excluding carboxylic acids is 1. The van der Waals surface area contributed by atoms with Crippen LogP contribution in [0.3, 0.4) is 0 Å². The van der Waals surface area contributed by atoms with Crippen molar-refractivity contribution >= 4 is 17.4 Å². The lowest BCUT2D eigenvalue weighted by molar-refractivity contribution is -0.0160. The number of piperidine rings is 1. The SMILES string of the molecule is O=C(NC12CC3CC(CC(C3)C1)C2)N1CCC(c2nc(-c3ccc4c(c3)OCCO4)cs2)CC1. The average Bonchev–Trinajstić information content (AvgIpc) is 3.33. The number of likely N-dealkylation sites (tertiary alicyclic amines) is 1. The third-order valence-corrected chi connectivity index (χ3v) is 9.91. The van der Waals surface area contributed by atoms with Crippen LogP contribution in [0.2, 0.25) is 0 Å². The first-order chi connectivity index (χ1) is 16.6. The highest BCUT2D eigenvalue weighted by molar-refractivity contribution is 7.10. The standard InChI is InChI=1S/C27H33N3O3S/c31-26(29-27-13-17-9-18(14-27)11-19(10-17)15-27)30-5-3-20(4-6-30)25-28-22(16-34-25)21-1-2-23-24(12-21)33-8-7-32-23/h1-2,12,16-20H,3-11,13-15H2,(H,29,31). The van der Waals surface area contributed by atoms with Gasteiger partial charge in [-0.3, -0.25) is 0 Å². The number of hydrogen-bond donors (Lipinski definition) is 1. The number of carbonyl (C=O) groups is 1. The summed E-state index contributed by atoms with van der Waals surface area (Å²) in [6.07, 6.45) is 9.83. The molecule has 4 bridgehead atoms. The molecule has 0 radical (unpaired) electrons. The van der Waals surface area contributed by atoms with Crippen molar-refractivity contribution in [1.29, 1.82) is 0 Å². The van der Waals surface area contributed by atoms with Crippen LogP contribution in [-0.4, -0.2) is 47.8 Å². The summed E-state index contributed by atoms with van der Waals surface area (Å²) >= 11 is 1.74. The van der Waals surface area contributed by atoms with E-state index in [2.05, 4.69) is 21.7 Å². The molecule has 6 nitrogen and oxygen atoms in total. The number of hydrogen-bond acceptors (Lipinski definition) is 5. The van der Waals surface area contributed by atoms with Gasteiger partial charge in [-0.05, 0) is 87.3 Å². The molecule has 4 aliphatic carbocycles. The van der Waals surface area contributed by atoms with Crippen LogP contribution in [0.25, 0.3) is 11.3 Å². The first-order valence-electron chi connectivity index (χ1n) is 13.0. The second-order valence-corrected chi connectivity index (χ2v) is 12.2. The predicted molar refractivity (Wildman–Crippen MR) is 132 cm³/mol. The molecular formula is C27H33N3O3S. The van der Waals surface area contributed by atoms with Gasteiger partial charge in [-0.25, -0.2) is 9.78 Å². The number of amides is 2. The van der Waals surface area contributed by atoms with Crippen molar-refractivity contribution in [3.63, 3.8) is 0 Å². The lowest BCUT2D eigenvalue weighted by Gasteiger charge is -2.57. The number of thiazole rings is 1. The van der Waals surface area contributed by atoms with Crippen LogP contribution >= 0.6 is 11.3 Å². The maximum absolute atomic E-state index is 13.2. The average molecular weight is 480 g/mol. The zero-order valence-corrected chi connectivity index (χ0v) is 20.4. The Hall–Kier alpha value is -2.28. The molecule has 3 heterocycles. The molecule has 0 unspecified atom stereocenters. The van der Waals surface area contributed by atoms with Crippen molar-refractivity contribution < 1.29 is 14.3 Å². The quantitative estimate of drug-likeness (QED) is 0.637. The van der Waals surface area contributed by atoms with E-state index < -0.39 is 0 Å². The molecule has 180 valence electrons. The minimum atomic E-state index is 0.0938. The van der Waals surface area contributed by atoms with Crippen LogP contribution in [0.5, 0.6) is 11.5 Å². The summed E-state index contributed by atoms with van der Waals surface area (Å²) in [5.74, 6) is 4.60. The summed E-state index contributed by atoms with van der Waals surface area (Å²) in [7, 11) is 0. The number of benzene rings is 1. The zero-order chi connectivity index (χ0) is 22.7. The Labute approximate surface area is 205 Å². The van der Waals surface area contributed by atoms with E-state index in [1.807, 2.05) is 12.1 Å².